The van der Waals surface area contributed by atoms with Gasteiger partial charge in [0.05, 0.1) is 25.7 Å². The van der Waals surface area contributed by atoms with Gasteiger partial charge in [-0.25, -0.2) is 0 Å². The Hall–Kier alpha value is -3.12. The van der Waals surface area contributed by atoms with E-state index in [1.807, 2.05) is 69.3 Å². The molecule has 0 unspecified atom stereocenters. The molecule has 3 rings (SSSR count). The van der Waals surface area contributed by atoms with Crippen molar-refractivity contribution in [2.45, 2.75) is 40.0 Å². The van der Waals surface area contributed by atoms with E-state index >= 15 is 0 Å². The molecule has 0 saturated carbocycles. The number of rotatable bonds is 9. The van der Waals surface area contributed by atoms with Crippen molar-refractivity contribution < 1.29 is 14.3 Å². The van der Waals surface area contributed by atoms with Crippen molar-refractivity contribution in [1.29, 1.82) is 0 Å². The van der Waals surface area contributed by atoms with Crippen LogP contribution in [-0.4, -0.2) is 26.0 Å². The number of carbonyl (C=O) groups excluding carboxylic acids is 1. The maximum atomic E-state index is 12.7. The highest BCUT2D eigenvalue weighted by molar-refractivity contribution is 8.03. The first-order valence-corrected chi connectivity index (χ1v) is 12.5. The van der Waals surface area contributed by atoms with Gasteiger partial charge in [0.1, 0.15) is 11.5 Å². The van der Waals surface area contributed by atoms with Gasteiger partial charge in [-0.1, -0.05) is 50.3 Å². The number of aryl methyl sites for hydroxylation is 1. The average Bonchev–Trinajstić information content (AvgIpc) is 2.89. The largest absolute Gasteiger partial charge is 0.496 e. The van der Waals surface area contributed by atoms with E-state index < -0.39 is 0 Å². The third kappa shape index (κ3) is 7.45. The lowest BCUT2D eigenvalue weighted by molar-refractivity contribution is -0.117. The number of amides is 1. The summed E-state index contributed by atoms with van der Waals surface area (Å²) in [6.07, 6.45) is 6.28. The summed E-state index contributed by atoms with van der Waals surface area (Å²) < 4.78 is 10.7. The first-order valence-electron chi connectivity index (χ1n) is 11.6. The van der Waals surface area contributed by atoms with Crippen LogP contribution < -0.4 is 15.8 Å². The molecule has 6 heteroatoms. The van der Waals surface area contributed by atoms with Crippen LogP contribution in [0.15, 0.2) is 76.9 Å². The molecule has 5 nitrogen and oxygen atoms in total. The highest BCUT2D eigenvalue weighted by Crippen LogP contribution is 2.29. The van der Waals surface area contributed by atoms with Crippen LogP contribution in [0.3, 0.4) is 0 Å². The molecule has 0 atom stereocenters. The predicted octanol–water partition coefficient (Wildman–Crippen LogP) is 5.96. The van der Waals surface area contributed by atoms with E-state index in [-0.39, 0.29) is 5.91 Å². The van der Waals surface area contributed by atoms with Gasteiger partial charge in [-0.3, -0.25) is 4.79 Å². The van der Waals surface area contributed by atoms with Crippen molar-refractivity contribution in [2.24, 2.45) is 5.73 Å². The summed E-state index contributed by atoms with van der Waals surface area (Å²) in [5, 5.41) is 2.99. The summed E-state index contributed by atoms with van der Waals surface area (Å²) in [5.41, 5.74) is 11.0. The van der Waals surface area contributed by atoms with Crippen LogP contribution in [0.2, 0.25) is 0 Å². The summed E-state index contributed by atoms with van der Waals surface area (Å²) in [4.78, 5) is 13.7. The van der Waals surface area contributed by atoms with Crippen molar-refractivity contribution in [3.63, 3.8) is 0 Å². The molecule has 0 bridgehead atoms. The Bertz CT molecular complexity index is 1040. The van der Waals surface area contributed by atoms with E-state index in [0.29, 0.717) is 29.3 Å². The van der Waals surface area contributed by atoms with Gasteiger partial charge in [0.15, 0.2) is 0 Å². The molecule has 0 aliphatic heterocycles. The lowest BCUT2D eigenvalue weighted by atomic mass is 10.0. The molecular weight excluding hydrogens is 444 g/mol. The molecule has 1 aliphatic carbocycles. The topological polar surface area (TPSA) is 73.6 Å². The summed E-state index contributed by atoms with van der Waals surface area (Å²) >= 11 is 1.54. The molecule has 0 saturated heterocycles. The fourth-order valence-corrected chi connectivity index (χ4v) is 4.47. The van der Waals surface area contributed by atoms with Gasteiger partial charge < -0.3 is 20.5 Å². The number of nitrogens with two attached hydrogens (primary N) is 1. The van der Waals surface area contributed by atoms with Gasteiger partial charge in [0.2, 0.25) is 0 Å². The first-order chi connectivity index (χ1) is 16.5. The summed E-state index contributed by atoms with van der Waals surface area (Å²) in [6, 6.07) is 16.1. The van der Waals surface area contributed by atoms with Crippen LogP contribution in [-0.2, 0) is 16.0 Å². The minimum atomic E-state index is -0.136. The number of hydrogen-bond acceptors (Lipinski definition) is 5. The zero-order valence-electron chi connectivity index (χ0n) is 20.8. The zero-order valence-corrected chi connectivity index (χ0v) is 21.6. The summed E-state index contributed by atoms with van der Waals surface area (Å²) in [6.45, 7) is 6.00. The number of benzene rings is 2. The lowest BCUT2D eigenvalue weighted by Gasteiger charge is -2.16. The third-order valence-electron chi connectivity index (χ3n) is 5.27. The van der Waals surface area contributed by atoms with Gasteiger partial charge in [0, 0.05) is 17.0 Å². The normalized spacial score (nSPS) is 13.4. The standard InChI is InChI=1S/C26H30N2O3S.C2H6/c1-18-15-20(13-14-22(18)30-2)25(27)24(16-19-9-5-4-6-10-19)32-17-28-26(29)21-11-7-8-12-23(21)31-3;1-2/h4-6,9-15H,7-8,16-17,27H2,1-3H3,(H,28,29);1-2H3/b25-24-;. The van der Waals surface area contributed by atoms with Gasteiger partial charge in [0.25, 0.3) is 5.91 Å². The van der Waals surface area contributed by atoms with Crippen molar-refractivity contribution in [2.75, 3.05) is 20.1 Å². The second kappa shape index (κ2) is 14.2. The van der Waals surface area contributed by atoms with Crippen LogP contribution >= 0.6 is 11.8 Å². The number of thioether (sulfide) groups is 1. The Labute approximate surface area is 208 Å². The second-order valence-electron chi connectivity index (χ2n) is 7.45. The molecule has 2 aromatic carbocycles. The molecular formula is C28H36N2O3S. The molecule has 34 heavy (non-hydrogen) atoms. The Morgan fingerprint density at radius 3 is 2.38 bits per heavy atom. The van der Waals surface area contributed by atoms with Crippen molar-refractivity contribution in [3.05, 3.63) is 93.6 Å². The van der Waals surface area contributed by atoms with Gasteiger partial charge in [-0.2, -0.15) is 0 Å². The van der Waals surface area contributed by atoms with Crippen LogP contribution in [0.5, 0.6) is 5.75 Å². The smallest absolute Gasteiger partial charge is 0.255 e. The molecule has 3 N–H and O–H groups in total. The van der Waals surface area contributed by atoms with Crippen LogP contribution in [0.1, 0.15) is 43.4 Å². The molecule has 0 radical (unpaired) electrons. The van der Waals surface area contributed by atoms with Crippen LogP contribution in [0.4, 0.5) is 0 Å². The molecule has 2 aromatic rings. The SMILES string of the molecule is CC.COC1=CCCC=C1C(=O)NCS/C(Cc1ccccc1)=C(\N)c1ccc(OC)c(C)c1. The van der Waals surface area contributed by atoms with E-state index in [4.69, 9.17) is 15.2 Å². The average molecular weight is 481 g/mol. The van der Waals surface area contributed by atoms with Crippen molar-refractivity contribution in [1.82, 2.24) is 5.32 Å². The second-order valence-corrected chi connectivity index (χ2v) is 8.52. The maximum Gasteiger partial charge on any atom is 0.255 e. The van der Waals surface area contributed by atoms with E-state index in [2.05, 4.69) is 17.4 Å². The van der Waals surface area contributed by atoms with Crippen molar-refractivity contribution >= 4 is 23.4 Å². The van der Waals surface area contributed by atoms with Gasteiger partial charge in [-0.05, 0) is 60.7 Å². The molecule has 1 amide bonds. The fourth-order valence-electron chi connectivity index (χ4n) is 3.55. The third-order valence-corrected chi connectivity index (χ3v) is 6.27. The number of carbonyl (C=O) groups is 1. The van der Waals surface area contributed by atoms with Gasteiger partial charge >= 0.3 is 0 Å². The highest BCUT2D eigenvalue weighted by Gasteiger charge is 2.18. The number of hydrogen-bond donors (Lipinski definition) is 2. The number of ether oxygens (including phenoxy) is 2. The number of methoxy groups -OCH3 is 2. The molecule has 182 valence electrons. The first kappa shape index (κ1) is 27.1. The Morgan fingerprint density at radius 2 is 1.74 bits per heavy atom. The van der Waals surface area contributed by atoms with Gasteiger partial charge in [-0.15, -0.1) is 11.8 Å². The Balaban J connectivity index is 0.00000199. The molecule has 0 heterocycles. The molecule has 0 spiro atoms. The Morgan fingerprint density at radius 1 is 1.03 bits per heavy atom. The summed E-state index contributed by atoms with van der Waals surface area (Å²) in [7, 11) is 3.25. The Kier molecular flexibility index (Phi) is 11.3. The molecule has 0 aromatic heterocycles. The molecule has 1 aliphatic rings. The zero-order chi connectivity index (χ0) is 24.9. The van der Waals surface area contributed by atoms with E-state index in [1.54, 1.807) is 26.0 Å². The van der Waals surface area contributed by atoms with E-state index in [9.17, 15) is 4.79 Å². The predicted molar refractivity (Wildman–Crippen MR) is 143 cm³/mol. The monoisotopic (exact) mass is 480 g/mol. The van der Waals surface area contributed by atoms with E-state index in [1.165, 1.54) is 0 Å². The van der Waals surface area contributed by atoms with Crippen LogP contribution in [0, 0.1) is 6.92 Å². The number of allylic oxidation sites excluding steroid dienone is 3. The van der Waals surface area contributed by atoms with Crippen LogP contribution in [0.25, 0.3) is 5.70 Å². The minimum absolute atomic E-state index is 0.136. The highest BCUT2D eigenvalue weighted by atomic mass is 32.2. The van der Waals surface area contributed by atoms with E-state index in [0.717, 1.165) is 40.2 Å². The summed E-state index contributed by atoms with van der Waals surface area (Å²) in [5.74, 6) is 1.73. The van der Waals surface area contributed by atoms with Crippen molar-refractivity contribution in [3.8, 4) is 5.75 Å². The number of nitrogens with one attached hydrogen (secondary N) is 1. The minimum Gasteiger partial charge on any atom is -0.496 e. The fraction of sp³-hybridized carbons (Fsp3) is 0.321. The quantitative estimate of drug-likeness (QED) is 0.433. The molecule has 0 fully saturated rings. The maximum absolute atomic E-state index is 12.7. The lowest BCUT2D eigenvalue weighted by Crippen LogP contribution is -2.26.